The van der Waals surface area contributed by atoms with Crippen LogP contribution in [0.5, 0.6) is 0 Å². The van der Waals surface area contributed by atoms with E-state index in [9.17, 15) is 14.4 Å². The molecule has 0 aliphatic carbocycles. The van der Waals surface area contributed by atoms with E-state index in [2.05, 4.69) is 0 Å². The van der Waals surface area contributed by atoms with Gasteiger partial charge in [0, 0.05) is 18.7 Å². The number of rotatable bonds is 2. The van der Waals surface area contributed by atoms with Crippen molar-refractivity contribution in [2.45, 2.75) is 19.4 Å². The van der Waals surface area contributed by atoms with E-state index >= 15 is 0 Å². The van der Waals surface area contributed by atoms with Crippen LogP contribution < -0.4 is 0 Å². The van der Waals surface area contributed by atoms with Crippen molar-refractivity contribution >= 4 is 29.3 Å². The Hall–Kier alpha value is -2.66. The second-order valence-corrected chi connectivity index (χ2v) is 7.11. The van der Waals surface area contributed by atoms with Crippen LogP contribution in [0.1, 0.15) is 43.1 Å². The zero-order chi connectivity index (χ0) is 18.4. The molecule has 132 valence electrons. The number of amides is 3. The highest BCUT2D eigenvalue weighted by Crippen LogP contribution is 2.32. The molecule has 2 aromatic rings. The second-order valence-electron chi connectivity index (χ2n) is 6.71. The molecule has 5 nitrogen and oxygen atoms in total. The molecule has 1 atom stereocenters. The number of halogens is 1. The molecule has 26 heavy (non-hydrogen) atoms. The van der Waals surface area contributed by atoms with Crippen molar-refractivity contribution in [3.05, 3.63) is 69.7 Å². The van der Waals surface area contributed by atoms with E-state index < -0.39 is 0 Å². The molecule has 1 fully saturated rings. The quantitative estimate of drug-likeness (QED) is 0.765. The topological polar surface area (TPSA) is 57.7 Å². The largest absolute Gasteiger partial charge is 0.336 e. The first-order valence-corrected chi connectivity index (χ1v) is 8.87. The van der Waals surface area contributed by atoms with Gasteiger partial charge in [-0.1, -0.05) is 35.4 Å². The lowest BCUT2D eigenvalue weighted by molar-refractivity contribution is 0.0575. The summed E-state index contributed by atoms with van der Waals surface area (Å²) in [5, 5.41) is 0.286. The van der Waals surface area contributed by atoms with Gasteiger partial charge in [-0.15, -0.1) is 0 Å². The number of hydrogen-bond acceptors (Lipinski definition) is 3. The first kappa shape index (κ1) is 16.8. The van der Waals surface area contributed by atoms with Crippen LogP contribution in [0, 0.1) is 6.92 Å². The molecule has 0 bridgehead atoms. The summed E-state index contributed by atoms with van der Waals surface area (Å²) in [5.74, 6) is -0.779. The van der Waals surface area contributed by atoms with E-state index in [0.717, 1.165) is 5.56 Å². The number of aryl methyl sites for hydroxylation is 1. The molecule has 3 amide bonds. The van der Waals surface area contributed by atoms with Gasteiger partial charge in [-0.3, -0.25) is 19.3 Å². The molecule has 0 aromatic heterocycles. The van der Waals surface area contributed by atoms with Crippen LogP contribution in [0.3, 0.4) is 0 Å². The molecule has 6 heteroatoms. The maximum Gasteiger partial charge on any atom is 0.263 e. The highest BCUT2D eigenvalue weighted by atomic mass is 35.5. The first-order valence-electron chi connectivity index (χ1n) is 8.49. The Morgan fingerprint density at radius 3 is 2.62 bits per heavy atom. The number of carbonyl (C=O) groups is 3. The summed E-state index contributed by atoms with van der Waals surface area (Å²) in [6.07, 6.45) is 0.570. The maximum absolute atomic E-state index is 12.7. The van der Waals surface area contributed by atoms with E-state index in [4.69, 9.17) is 11.6 Å². The minimum Gasteiger partial charge on any atom is -0.336 e. The summed E-state index contributed by atoms with van der Waals surface area (Å²) in [5.41, 5.74) is 2.24. The van der Waals surface area contributed by atoms with Gasteiger partial charge in [-0.25, -0.2) is 0 Å². The minimum absolute atomic E-state index is 0.0779. The Morgan fingerprint density at radius 2 is 1.88 bits per heavy atom. The van der Waals surface area contributed by atoms with Crippen molar-refractivity contribution in [2.24, 2.45) is 0 Å². The molecule has 0 saturated carbocycles. The summed E-state index contributed by atoms with van der Waals surface area (Å²) in [6.45, 7) is 2.79. The fraction of sp³-hybridized carbons (Fsp3) is 0.250. The van der Waals surface area contributed by atoms with Gasteiger partial charge in [0.1, 0.15) is 0 Å². The Labute approximate surface area is 156 Å². The van der Waals surface area contributed by atoms with Crippen LogP contribution in [0.2, 0.25) is 5.02 Å². The van der Waals surface area contributed by atoms with Crippen molar-refractivity contribution in [3.8, 4) is 0 Å². The first-order chi connectivity index (χ1) is 12.5. The zero-order valence-corrected chi connectivity index (χ0v) is 15.0. The molecular formula is C20H17ClN2O3. The van der Waals surface area contributed by atoms with Gasteiger partial charge in [0.25, 0.3) is 17.7 Å². The number of imide groups is 1. The van der Waals surface area contributed by atoms with Gasteiger partial charge >= 0.3 is 0 Å². The predicted octanol–water partition coefficient (Wildman–Crippen LogP) is 3.16. The van der Waals surface area contributed by atoms with Crippen LogP contribution in [-0.4, -0.2) is 46.7 Å². The van der Waals surface area contributed by atoms with Crippen molar-refractivity contribution in [2.75, 3.05) is 13.1 Å². The third-order valence-electron chi connectivity index (χ3n) is 4.98. The number of hydrogen-bond donors (Lipinski definition) is 0. The SMILES string of the molecule is Cc1cccc(C(=O)N2CCC(N3C(=O)c4cccc(Cl)c4C3=O)C2)c1. The Kier molecular flexibility index (Phi) is 4.04. The van der Waals surface area contributed by atoms with E-state index in [-0.39, 0.29) is 34.3 Å². The lowest BCUT2D eigenvalue weighted by Crippen LogP contribution is -2.42. The van der Waals surface area contributed by atoms with Crippen molar-refractivity contribution in [3.63, 3.8) is 0 Å². The lowest BCUT2D eigenvalue weighted by Gasteiger charge is -2.22. The van der Waals surface area contributed by atoms with Crippen LogP contribution in [0.15, 0.2) is 42.5 Å². The van der Waals surface area contributed by atoms with Gasteiger partial charge in [0.15, 0.2) is 0 Å². The lowest BCUT2D eigenvalue weighted by atomic mass is 10.1. The molecule has 0 N–H and O–H groups in total. The summed E-state index contributed by atoms with van der Waals surface area (Å²) in [7, 11) is 0. The van der Waals surface area contributed by atoms with Crippen LogP contribution >= 0.6 is 11.6 Å². The van der Waals surface area contributed by atoms with Gasteiger partial charge in [-0.05, 0) is 37.6 Å². The van der Waals surface area contributed by atoms with Crippen LogP contribution in [-0.2, 0) is 0 Å². The molecule has 2 aliphatic rings. The van der Waals surface area contributed by atoms with Gasteiger partial charge in [0.2, 0.25) is 0 Å². The second kappa shape index (κ2) is 6.25. The summed E-state index contributed by atoms with van der Waals surface area (Å²) in [4.78, 5) is 41.1. The Balaban J connectivity index is 1.55. The molecule has 1 saturated heterocycles. The number of fused-ring (bicyclic) bond motifs is 1. The molecular weight excluding hydrogens is 352 g/mol. The van der Waals surface area contributed by atoms with Gasteiger partial charge in [-0.2, -0.15) is 0 Å². The molecule has 0 radical (unpaired) electrons. The molecule has 2 aliphatic heterocycles. The summed E-state index contributed by atoms with van der Waals surface area (Å²) in [6, 6.07) is 12.0. The number of nitrogens with zero attached hydrogens (tertiary/aromatic N) is 2. The van der Waals surface area contributed by atoms with Crippen LogP contribution in [0.4, 0.5) is 0 Å². The molecule has 1 unspecified atom stereocenters. The molecule has 4 rings (SSSR count). The molecule has 0 spiro atoms. The smallest absolute Gasteiger partial charge is 0.263 e. The van der Waals surface area contributed by atoms with Gasteiger partial charge in [0.05, 0.1) is 22.2 Å². The van der Waals surface area contributed by atoms with E-state index in [1.54, 1.807) is 29.2 Å². The number of carbonyl (C=O) groups excluding carboxylic acids is 3. The number of likely N-dealkylation sites (tertiary alicyclic amines) is 1. The normalized spacial score (nSPS) is 19.2. The Bertz CT molecular complexity index is 940. The van der Waals surface area contributed by atoms with Crippen molar-refractivity contribution < 1.29 is 14.4 Å². The fourth-order valence-corrected chi connectivity index (χ4v) is 3.95. The monoisotopic (exact) mass is 368 g/mol. The van der Waals surface area contributed by atoms with Crippen LogP contribution in [0.25, 0.3) is 0 Å². The highest BCUT2D eigenvalue weighted by Gasteiger charge is 2.44. The average molecular weight is 369 g/mol. The third-order valence-corrected chi connectivity index (χ3v) is 5.29. The molecule has 2 heterocycles. The average Bonchev–Trinajstić information content (AvgIpc) is 3.19. The highest BCUT2D eigenvalue weighted by molar-refractivity contribution is 6.37. The standard InChI is InChI=1S/C20H17ClN2O3/c1-12-4-2-5-13(10-12)18(24)22-9-8-14(11-22)23-19(25)15-6-3-7-16(21)17(15)20(23)26/h2-7,10,14H,8-9,11H2,1H3. The fourth-order valence-electron chi connectivity index (χ4n) is 3.69. The van der Waals surface area contributed by atoms with Crippen molar-refractivity contribution in [1.82, 2.24) is 9.80 Å². The Morgan fingerprint density at radius 1 is 1.12 bits per heavy atom. The predicted molar refractivity (Wildman–Crippen MR) is 97.4 cm³/mol. The van der Waals surface area contributed by atoms with Gasteiger partial charge < -0.3 is 4.90 Å². The number of benzene rings is 2. The zero-order valence-electron chi connectivity index (χ0n) is 14.2. The van der Waals surface area contributed by atoms with E-state index in [1.807, 2.05) is 25.1 Å². The minimum atomic E-state index is -0.370. The maximum atomic E-state index is 12.7. The molecule has 2 aromatic carbocycles. The summed E-state index contributed by atoms with van der Waals surface area (Å²) < 4.78 is 0. The van der Waals surface area contributed by atoms with E-state index in [1.165, 1.54) is 4.90 Å². The summed E-state index contributed by atoms with van der Waals surface area (Å²) >= 11 is 6.11. The van der Waals surface area contributed by atoms with Crippen molar-refractivity contribution in [1.29, 1.82) is 0 Å². The van der Waals surface area contributed by atoms with E-state index in [0.29, 0.717) is 30.6 Å². The third kappa shape index (κ3) is 2.59.